The predicted molar refractivity (Wildman–Crippen MR) is 65.5 cm³/mol. The SMILES string of the molecule is CC(C)(C)c1nc2ccccc2n1CCO. The monoisotopic (exact) mass is 218 g/mol. The molecule has 1 aromatic carbocycles. The van der Waals surface area contributed by atoms with Gasteiger partial charge in [-0.25, -0.2) is 4.98 Å². The molecular formula is C13H18N2O. The number of rotatable bonds is 2. The minimum absolute atomic E-state index is 0.00576. The number of fused-ring (bicyclic) bond motifs is 1. The number of hydrogen-bond donors (Lipinski definition) is 1. The van der Waals surface area contributed by atoms with Gasteiger partial charge in [0.15, 0.2) is 0 Å². The summed E-state index contributed by atoms with van der Waals surface area (Å²) < 4.78 is 2.11. The molecule has 0 atom stereocenters. The molecule has 1 aromatic heterocycles. The largest absolute Gasteiger partial charge is 0.395 e. The van der Waals surface area contributed by atoms with Crippen molar-refractivity contribution in [1.82, 2.24) is 9.55 Å². The molecule has 16 heavy (non-hydrogen) atoms. The van der Waals surface area contributed by atoms with Crippen LogP contribution >= 0.6 is 0 Å². The second kappa shape index (κ2) is 3.91. The van der Waals surface area contributed by atoms with Gasteiger partial charge in [0.05, 0.1) is 17.6 Å². The van der Waals surface area contributed by atoms with Crippen molar-refractivity contribution < 1.29 is 5.11 Å². The van der Waals surface area contributed by atoms with E-state index in [1.165, 1.54) is 0 Å². The number of nitrogens with zero attached hydrogens (tertiary/aromatic N) is 2. The Morgan fingerprint density at radius 3 is 2.56 bits per heavy atom. The van der Waals surface area contributed by atoms with E-state index >= 15 is 0 Å². The normalized spacial score (nSPS) is 12.2. The van der Waals surface area contributed by atoms with Crippen LogP contribution in [0.2, 0.25) is 0 Å². The van der Waals surface area contributed by atoms with Gasteiger partial charge < -0.3 is 9.67 Å². The standard InChI is InChI=1S/C13H18N2O/c1-13(2,3)12-14-10-6-4-5-7-11(10)15(12)8-9-16/h4-7,16H,8-9H2,1-3H3. The van der Waals surface area contributed by atoms with Crippen molar-refractivity contribution in [3.8, 4) is 0 Å². The fraction of sp³-hybridized carbons (Fsp3) is 0.462. The van der Waals surface area contributed by atoms with Gasteiger partial charge >= 0.3 is 0 Å². The van der Waals surface area contributed by atoms with Crippen LogP contribution in [0, 0.1) is 0 Å². The zero-order valence-electron chi connectivity index (χ0n) is 10.1. The Morgan fingerprint density at radius 2 is 1.94 bits per heavy atom. The van der Waals surface area contributed by atoms with Crippen molar-refractivity contribution in [3.63, 3.8) is 0 Å². The molecule has 1 N–H and O–H groups in total. The van der Waals surface area contributed by atoms with Crippen LogP contribution in [0.25, 0.3) is 11.0 Å². The highest BCUT2D eigenvalue weighted by molar-refractivity contribution is 5.76. The molecule has 86 valence electrons. The summed E-state index contributed by atoms with van der Waals surface area (Å²) in [5.74, 6) is 1.03. The number of aromatic nitrogens is 2. The van der Waals surface area contributed by atoms with Gasteiger partial charge in [0, 0.05) is 12.0 Å². The summed E-state index contributed by atoms with van der Waals surface area (Å²) in [6.45, 7) is 7.17. The Morgan fingerprint density at radius 1 is 1.25 bits per heavy atom. The van der Waals surface area contributed by atoms with Crippen molar-refractivity contribution in [1.29, 1.82) is 0 Å². The number of benzene rings is 1. The summed E-state index contributed by atoms with van der Waals surface area (Å²) in [6.07, 6.45) is 0. The van der Waals surface area contributed by atoms with Crippen molar-refractivity contribution in [2.75, 3.05) is 6.61 Å². The summed E-state index contributed by atoms with van der Waals surface area (Å²) in [5.41, 5.74) is 2.09. The van der Waals surface area contributed by atoms with Crippen LogP contribution in [-0.4, -0.2) is 21.3 Å². The fourth-order valence-electron chi connectivity index (χ4n) is 1.97. The molecule has 1 heterocycles. The minimum Gasteiger partial charge on any atom is -0.395 e. The van der Waals surface area contributed by atoms with E-state index in [0.717, 1.165) is 16.9 Å². The first kappa shape index (κ1) is 11.1. The lowest BCUT2D eigenvalue weighted by atomic mass is 9.95. The highest BCUT2D eigenvalue weighted by Gasteiger charge is 2.22. The molecule has 2 aromatic rings. The third-order valence-corrected chi connectivity index (χ3v) is 2.65. The maximum absolute atomic E-state index is 9.14. The number of imidazole rings is 1. The summed E-state index contributed by atoms with van der Waals surface area (Å²) >= 11 is 0. The van der Waals surface area contributed by atoms with Crippen LogP contribution in [0.15, 0.2) is 24.3 Å². The molecule has 3 nitrogen and oxygen atoms in total. The molecule has 3 heteroatoms. The lowest BCUT2D eigenvalue weighted by Gasteiger charge is -2.19. The van der Waals surface area contributed by atoms with Gasteiger partial charge in [-0.1, -0.05) is 32.9 Å². The van der Waals surface area contributed by atoms with Gasteiger partial charge in [-0.15, -0.1) is 0 Å². The van der Waals surface area contributed by atoms with E-state index in [1.54, 1.807) is 0 Å². The van der Waals surface area contributed by atoms with Gasteiger partial charge in [0.1, 0.15) is 5.82 Å². The molecule has 0 radical (unpaired) electrons. The molecular weight excluding hydrogens is 200 g/mol. The zero-order chi connectivity index (χ0) is 11.8. The van der Waals surface area contributed by atoms with Crippen LogP contribution in [0.3, 0.4) is 0 Å². The first-order chi connectivity index (χ1) is 7.54. The summed E-state index contributed by atoms with van der Waals surface area (Å²) in [4.78, 5) is 4.65. The van der Waals surface area contributed by atoms with E-state index in [2.05, 4.69) is 30.3 Å². The molecule has 0 fully saturated rings. The van der Waals surface area contributed by atoms with E-state index in [0.29, 0.717) is 6.54 Å². The molecule has 0 aliphatic rings. The maximum atomic E-state index is 9.14. The van der Waals surface area contributed by atoms with Crippen LogP contribution in [0.1, 0.15) is 26.6 Å². The van der Waals surface area contributed by atoms with Crippen LogP contribution < -0.4 is 0 Å². The number of para-hydroxylation sites is 2. The smallest absolute Gasteiger partial charge is 0.115 e. The van der Waals surface area contributed by atoms with Crippen LogP contribution in [0.5, 0.6) is 0 Å². The lowest BCUT2D eigenvalue weighted by Crippen LogP contribution is -2.20. The summed E-state index contributed by atoms with van der Waals surface area (Å²) in [6, 6.07) is 8.06. The van der Waals surface area contributed by atoms with Crippen molar-refractivity contribution in [2.45, 2.75) is 32.7 Å². The predicted octanol–water partition coefficient (Wildman–Crippen LogP) is 2.33. The molecule has 0 aliphatic heterocycles. The first-order valence-corrected chi connectivity index (χ1v) is 5.60. The lowest BCUT2D eigenvalue weighted by molar-refractivity contribution is 0.273. The molecule has 0 amide bonds. The molecule has 0 saturated carbocycles. The Hall–Kier alpha value is -1.35. The van der Waals surface area contributed by atoms with Gasteiger partial charge in [-0.05, 0) is 12.1 Å². The fourth-order valence-corrected chi connectivity index (χ4v) is 1.97. The molecule has 0 aliphatic carbocycles. The maximum Gasteiger partial charge on any atom is 0.115 e. The molecule has 2 rings (SSSR count). The number of aliphatic hydroxyl groups excluding tert-OH is 1. The Kier molecular flexibility index (Phi) is 2.72. The number of hydrogen-bond acceptors (Lipinski definition) is 2. The van der Waals surface area contributed by atoms with Crippen LogP contribution in [-0.2, 0) is 12.0 Å². The molecule has 0 spiro atoms. The average molecular weight is 218 g/mol. The van der Waals surface area contributed by atoms with Gasteiger partial charge in [-0.3, -0.25) is 0 Å². The van der Waals surface area contributed by atoms with E-state index in [4.69, 9.17) is 5.11 Å². The minimum atomic E-state index is -0.00576. The quantitative estimate of drug-likeness (QED) is 0.840. The highest BCUT2D eigenvalue weighted by Crippen LogP contribution is 2.25. The second-order valence-corrected chi connectivity index (χ2v) is 5.05. The molecule has 0 saturated heterocycles. The molecule has 0 bridgehead atoms. The topological polar surface area (TPSA) is 38.0 Å². The Bertz CT molecular complexity index is 494. The van der Waals surface area contributed by atoms with Crippen molar-refractivity contribution in [2.24, 2.45) is 0 Å². The Balaban J connectivity index is 2.68. The number of aliphatic hydroxyl groups is 1. The van der Waals surface area contributed by atoms with Gasteiger partial charge in [0.25, 0.3) is 0 Å². The van der Waals surface area contributed by atoms with Crippen LogP contribution in [0.4, 0.5) is 0 Å². The first-order valence-electron chi connectivity index (χ1n) is 5.60. The zero-order valence-corrected chi connectivity index (χ0v) is 10.1. The van der Waals surface area contributed by atoms with Crippen molar-refractivity contribution in [3.05, 3.63) is 30.1 Å². The summed E-state index contributed by atoms with van der Waals surface area (Å²) in [7, 11) is 0. The average Bonchev–Trinajstić information content (AvgIpc) is 2.58. The third-order valence-electron chi connectivity index (χ3n) is 2.65. The summed E-state index contributed by atoms with van der Waals surface area (Å²) in [5, 5.41) is 9.14. The highest BCUT2D eigenvalue weighted by atomic mass is 16.3. The Labute approximate surface area is 95.7 Å². The van der Waals surface area contributed by atoms with E-state index < -0.39 is 0 Å². The van der Waals surface area contributed by atoms with Gasteiger partial charge in [-0.2, -0.15) is 0 Å². The van der Waals surface area contributed by atoms with E-state index in [1.807, 2.05) is 24.3 Å². The third kappa shape index (κ3) is 1.83. The van der Waals surface area contributed by atoms with E-state index in [-0.39, 0.29) is 12.0 Å². The van der Waals surface area contributed by atoms with Gasteiger partial charge in [0.2, 0.25) is 0 Å². The van der Waals surface area contributed by atoms with E-state index in [9.17, 15) is 0 Å². The second-order valence-electron chi connectivity index (χ2n) is 5.05. The van der Waals surface area contributed by atoms with Crippen molar-refractivity contribution >= 4 is 11.0 Å². The molecule has 0 unspecified atom stereocenters.